The highest BCUT2D eigenvalue weighted by atomic mass is 19.1. The first-order valence-electron chi connectivity index (χ1n) is 19.2. The number of piperazine rings is 1. The smallest absolute Gasteiger partial charge is 0.262 e. The molecule has 16 heteroatoms. The minimum absolute atomic E-state index is 0.00874. The number of pyridine rings is 1. The van der Waals surface area contributed by atoms with Gasteiger partial charge in [-0.2, -0.15) is 0 Å². The molecule has 3 saturated heterocycles. The first-order valence-corrected chi connectivity index (χ1v) is 19.2. The van der Waals surface area contributed by atoms with Crippen LogP contribution >= 0.6 is 0 Å². The molecule has 15 nitrogen and oxygen atoms in total. The van der Waals surface area contributed by atoms with Crippen LogP contribution in [0.25, 0.3) is 17.0 Å². The Morgan fingerprint density at radius 2 is 1.67 bits per heavy atom. The van der Waals surface area contributed by atoms with Gasteiger partial charge in [0.25, 0.3) is 11.8 Å². The fourth-order valence-electron chi connectivity index (χ4n) is 8.27. The molecule has 0 spiro atoms. The molecule has 57 heavy (non-hydrogen) atoms. The van der Waals surface area contributed by atoms with Gasteiger partial charge in [-0.15, -0.1) is 5.10 Å². The highest BCUT2D eigenvalue weighted by Crippen LogP contribution is 2.36. The minimum atomic E-state index is -1.03. The van der Waals surface area contributed by atoms with Crippen molar-refractivity contribution < 1.29 is 28.4 Å². The number of rotatable bonds is 9. The van der Waals surface area contributed by atoms with Gasteiger partial charge in [0.05, 0.1) is 29.1 Å². The second-order valence-corrected chi connectivity index (χ2v) is 14.6. The zero-order valence-corrected chi connectivity index (χ0v) is 30.9. The van der Waals surface area contributed by atoms with E-state index in [0.29, 0.717) is 44.1 Å². The summed E-state index contributed by atoms with van der Waals surface area (Å²) in [5.74, 6) is -0.908. The number of piperidine rings is 1. The van der Waals surface area contributed by atoms with E-state index in [2.05, 4.69) is 25.4 Å². The first-order chi connectivity index (χ1) is 27.7. The summed E-state index contributed by atoms with van der Waals surface area (Å²) in [6.45, 7) is 3.40. The van der Waals surface area contributed by atoms with Crippen molar-refractivity contribution in [3.05, 3.63) is 102 Å². The summed E-state index contributed by atoms with van der Waals surface area (Å²) in [6.07, 6.45) is 4.03. The summed E-state index contributed by atoms with van der Waals surface area (Å²) < 4.78 is 15.9. The van der Waals surface area contributed by atoms with Crippen LogP contribution in [0.4, 0.5) is 21.7 Å². The number of hydrogen-bond acceptors (Lipinski definition) is 11. The lowest BCUT2D eigenvalue weighted by Crippen LogP contribution is -2.54. The quantitative estimate of drug-likeness (QED) is 0.210. The Balaban J connectivity index is 0.805. The monoisotopic (exact) mass is 770 g/mol. The van der Waals surface area contributed by atoms with Crippen molar-refractivity contribution >= 4 is 52.5 Å². The highest BCUT2D eigenvalue weighted by Gasteiger charge is 2.44. The number of amides is 5. The van der Waals surface area contributed by atoms with Gasteiger partial charge < -0.3 is 20.0 Å². The SMILES string of the molecule is O=C1CCC(N2C(=O)c3ccc(NCCC(=O)N4CCN(c5cccc(-c6cnc7ccc(N8CCCC8c8cccc(F)c8)nn67)n5)CC4)cc3C2=O)C(=O)N1. The van der Waals surface area contributed by atoms with E-state index in [4.69, 9.17) is 10.1 Å². The summed E-state index contributed by atoms with van der Waals surface area (Å²) in [7, 11) is 0. The van der Waals surface area contributed by atoms with E-state index in [9.17, 15) is 28.4 Å². The number of halogens is 1. The third-order valence-corrected chi connectivity index (χ3v) is 11.2. The third kappa shape index (κ3) is 6.80. The van der Waals surface area contributed by atoms with Gasteiger partial charge in [-0.3, -0.25) is 34.2 Å². The summed E-state index contributed by atoms with van der Waals surface area (Å²) >= 11 is 0. The van der Waals surface area contributed by atoms with Gasteiger partial charge in [-0.1, -0.05) is 18.2 Å². The molecular formula is C41H39FN10O5. The molecule has 0 saturated carbocycles. The number of fused-ring (bicyclic) bond motifs is 2. The fraction of sp³-hybridized carbons (Fsp3) is 0.317. The number of benzene rings is 2. The van der Waals surface area contributed by atoms with Crippen molar-refractivity contribution in [1.29, 1.82) is 0 Å². The largest absolute Gasteiger partial charge is 0.385 e. The zero-order valence-electron chi connectivity index (χ0n) is 30.9. The molecule has 3 fully saturated rings. The number of carbonyl (C=O) groups excluding carboxylic acids is 5. The van der Waals surface area contributed by atoms with Crippen LogP contribution in [0, 0.1) is 5.82 Å². The van der Waals surface area contributed by atoms with E-state index in [1.54, 1.807) is 30.5 Å². The molecule has 2 N–H and O–H groups in total. The Morgan fingerprint density at radius 1 is 0.842 bits per heavy atom. The molecule has 0 radical (unpaired) electrons. The van der Waals surface area contributed by atoms with Crippen LogP contribution in [0.3, 0.4) is 0 Å². The van der Waals surface area contributed by atoms with Crippen molar-refractivity contribution in [1.82, 2.24) is 34.7 Å². The molecule has 4 aliphatic rings. The van der Waals surface area contributed by atoms with Crippen molar-refractivity contribution in [2.75, 3.05) is 54.4 Å². The second-order valence-electron chi connectivity index (χ2n) is 14.6. The maximum atomic E-state index is 14.1. The molecule has 2 unspecified atom stereocenters. The molecule has 2 aromatic carbocycles. The molecule has 0 aliphatic carbocycles. The van der Waals surface area contributed by atoms with E-state index in [1.165, 1.54) is 12.1 Å². The predicted molar refractivity (Wildman–Crippen MR) is 207 cm³/mol. The van der Waals surface area contributed by atoms with E-state index in [0.717, 1.165) is 52.9 Å². The second kappa shape index (κ2) is 14.7. The molecule has 7 heterocycles. The van der Waals surface area contributed by atoms with Gasteiger partial charge in [0.1, 0.15) is 29.2 Å². The van der Waals surface area contributed by atoms with E-state index >= 15 is 0 Å². The third-order valence-electron chi connectivity index (χ3n) is 11.2. The number of anilines is 3. The van der Waals surface area contributed by atoms with Gasteiger partial charge >= 0.3 is 0 Å². The average molecular weight is 771 g/mol. The first kappa shape index (κ1) is 36.0. The van der Waals surface area contributed by atoms with Crippen LogP contribution in [0.15, 0.2) is 79.0 Å². The molecule has 3 aromatic heterocycles. The lowest BCUT2D eigenvalue weighted by Gasteiger charge is -2.35. The van der Waals surface area contributed by atoms with Crippen LogP contribution in [0.2, 0.25) is 0 Å². The van der Waals surface area contributed by atoms with E-state index < -0.39 is 29.7 Å². The van der Waals surface area contributed by atoms with Crippen LogP contribution < -0.4 is 20.4 Å². The number of hydrogen-bond donors (Lipinski definition) is 2. The molecule has 290 valence electrons. The van der Waals surface area contributed by atoms with Gasteiger partial charge in [-0.05, 0) is 79.4 Å². The Morgan fingerprint density at radius 3 is 2.49 bits per heavy atom. The Kier molecular flexibility index (Phi) is 9.30. The van der Waals surface area contributed by atoms with Crippen LogP contribution in [-0.4, -0.2) is 104 Å². The summed E-state index contributed by atoms with van der Waals surface area (Å²) in [5, 5.41) is 10.4. The molecule has 9 rings (SSSR count). The van der Waals surface area contributed by atoms with Crippen LogP contribution in [-0.2, 0) is 14.4 Å². The summed E-state index contributed by atoms with van der Waals surface area (Å²) in [5.41, 5.74) is 4.05. The number of imidazole rings is 1. The number of nitrogens with zero attached hydrogens (tertiary/aromatic N) is 8. The number of aromatic nitrogens is 4. The zero-order chi connectivity index (χ0) is 39.2. The Bertz CT molecular complexity index is 2450. The van der Waals surface area contributed by atoms with Crippen LogP contribution in [0.1, 0.15) is 64.4 Å². The number of nitrogens with one attached hydrogen (secondary N) is 2. The van der Waals surface area contributed by atoms with Crippen molar-refractivity contribution in [2.45, 2.75) is 44.2 Å². The van der Waals surface area contributed by atoms with Crippen molar-refractivity contribution in [3.63, 3.8) is 0 Å². The normalized spacial score (nSPS) is 19.7. The van der Waals surface area contributed by atoms with Gasteiger partial charge in [0.2, 0.25) is 17.7 Å². The topological polar surface area (TPSA) is 165 Å². The van der Waals surface area contributed by atoms with Gasteiger partial charge in [0, 0.05) is 57.8 Å². The number of carbonyl (C=O) groups is 5. The molecule has 0 bridgehead atoms. The molecule has 5 aromatic rings. The predicted octanol–water partition coefficient (Wildman–Crippen LogP) is 3.82. The molecule has 5 amide bonds. The summed E-state index contributed by atoms with van der Waals surface area (Å²) in [6, 6.07) is 20.3. The van der Waals surface area contributed by atoms with Crippen LogP contribution in [0.5, 0.6) is 0 Å². The Labute approximate surface area is 326 Å². The maximum absolute atomic E-state index is 14.1. The summed E-state index contributed by atoms with van der Waals surface area (Å²) in [4.78, 5) is 80.0. The fourth-order valence-corrected chi connectivity index (χ4v) is 8.27. The average Bonchev–Trinajstić information content (AvgIpc) is 3.95. The molecule has 4 aliphatic heterocycles. The lowest BCUT2D eigenvalue weighted by molar-refractivity contribution is -0.136. The van der Waals surface area contributed by atoms with E-state index in [-0.39, 0.29) is 48.2 Å². The van der Waals surface area contributed by atoms with Crippen molar-refractivity contribution in [2.24, 2.45) is 0 Å². The molecular weight excluding hydrogens is 732 g/mol. The highest BCUT2D eigenvalue weighted by molar-refractivity contribution is 6.23. The number of imide groups is 2. The van der Waals surface area contributed by atoms with Crippen molar-refractivity contribution in [3.8, 4) is 11.4 Å². The van der Waals surface area contributed by atoms with Gasteiger partial charge in [0.15, 0.2) is 5.65 Å². The van der Waals surface area contributed by atoms with Gasteiger partial charge in [-0.25, -0.2) is 18.9 Å². The van der Waals surface area contributed by atoms with E-state index in [1.807, 2.05) is 45.8 Å². The molecule has 2 atom stereocenters. The maximum Gasteiger partial charge on any atom is 0.262 e. The minimum Gasteiger partial charge on any atom is -0.385 e. The standard InChI is InChI=1S/C41H39FN10O5/c42-26-5-1-4-25(22-26)31-7-3-17-50(31)36-13-12-34-44-24-33(52(34)47-36)30-6-2-8-35(45-30)48-18-20-49(21-19-48)38(54)15-16-43-27-9-10-28-29(23-27)41(57)51(40(28)56)32-11-14-37(53)46-39(32)55/h1-2,4-6,8-10,12-13,22-24,31-32,43H,3,7,11,14-21H2,(H,46,53,55). The Hall–Kier alpha value is -6.71. The lowest BCUT2D eigenvalue weighted by atomic mass is 10.0.